The minimum Gasteiger partial charge on any atom is -0.267 e. The van der Waals surface area contributed by atoms with E-state index < -0.39 is 16.6 Å². The van der Waals surface area contributed by atoms with Gasteiger partial charge in [-0.15, -0.1) is 0 Å². The van der Waals surface area contributed by atoms with Gasteiger partial charge in [0.15, 0.2) is 0 Å². The predicted molar refractivity (Wildman–Crippen MR) is 84.5 cm³/mol. The van der Waals surface area contributed by atoms with E-state index in [4.69, 9.17) is 0 Å². The van der Waals surface area contributed by atoms with Crippen molar-refractivity contribution in [2.75, 3.05) is 0 Å². The number of allylic oxidation sites excluding steroid dienone is 1. The third-order valence-electron chi connectivity index (χ3n) is 2.85. The molecule has 2 rings (SSSR count). The van der Waals surface area contributed by atoms with Crippen LogP contribution >= 0.6 is 0 Å². The second-order valence-corrected chi connectivity index (χ2v) is 4.37. The van der Waals surface area contributed by atoms with Crippen molar-refractivity contribution in [2.45, 2.75) is 0 Å². The van der Waals surface area contributed by atoms with Crippen LogP contribution in [0.3, 0.4) is 0 Å². The van der Waals surface area contributed by atoms with Gasteiger partial charge in [-0.1, -0.05) is 24.3 Å². The van der Waals surface area contributed by atoms with Gasteiger partial charge < -0.3 is 0 Å². The molecule has 116 valence electrons. The lowest BCUT2D eigenvalue weighted by Crippen LogP contribution is -2.18. The summed E-state index contributed by atoms with van der Waals surface area (Å²) in [6.07, 6.45) is 4.16. The summed E-state index contributed by atoms with van der Waals surface area (Å²) in [6.45, 7) is 0. The van der Waals surface area contributed by atoms with Gasteiger partial charge in [0.1, 0.15) is 5.82 Å². The summed E-state index contributed by atoms with van der Waals surface area (Å²) in [4.78, 5) is 22.0. The van der Waals surface area contributed by atoms with Gasteiger partial charge in [-0.2, -0.15) is 5.10 Å². The van der Waals surface area contributed by atoms with E-state index in [1.54, 1.807) is 18.2 Å². The second kappa shape index (κ2) is 7.60. The fourth-order valence-electron chi connectivity index (χ4n) is 1.79. The number of nitro benzene ring substituents is 1. The average molecular weight is 313 g/mol. The van der Waals surface area contributed by atoms with E-state index in [2.05, 4.69) is 10.5 Å². The van der Waals surface area contributed by atoms with Crippen LogP contribution in [0.1, 0.15) is 15.9 Å². The number of carbonyl (C=O) groups excluding carboxylic acids is 1. The highest BCUT2D eigenvalue weighted by Crippen LogP contribution is 2.18. The molecule has 7 heteroatoms. The molecule has 0 fully saturated rings. The first-order valence-corrected chi connectivity index (χ1v) is 6.57. The Labute approximate surface area is 131 Å². The van der Waals surface area contributed by atoms with Gasteiger partial charge in [0.05, 0.1) is 16.1 Å². The van der Waals surface area contributed by atoms with Gasteiger partial charge in [-0.05, 0) is 30.4 Å². The first-order chi connectivity index (χ1) is 11.1. The van der Waals surface area contributed by atoms with Crippen LogP contribution in [0.15, 0.2) is 59.7 Å². The third kappa shape index (κ3) is 4.31. The SMILES string of the molecule is O=C(N/N=C\C=C\c1ccccc1[N+](=O)[O-])c1ccccc1F. The number of benzene rings is 2. The van der Waals surface area contributed by atoms with E-state index in [0.29, 0.717) is 5.56 Å². The molecular formula is C16H12FN3O3. The molecule has 1 N–H and O–H groups in total. The van der Waals surface area contributed by atoms with E-state index in [1.165, 1.54) is 48.7 Å². The molecule has 0 aromatic heterocycles. The molecular weight excluding hydrogens is 301 g/mol. The maximum Gasteiger partial charge on any atom is 0.276 e. The minimum absolute atomic E-state index is 0.0347. The minimum atomic E-state index is -0.682. The highest BCUT2D eigenvalue weighted by molar-refractivity contribution is 5.95. The molecule has 1 amide bonds. The first kappa shape index (κ1) is 16.0. The summed E-state index contributed by atoms with van der Waals surface area (Å²) in [6, 6.07) is 11.7. The number of carbonyl (C=O) groups is 1. The number of para-hydroxylation sites is 1. The lowest BCUT2D eigenvalue weighted by molar-refractivity contribution is -0.385. The molecule has 0 radical (unpaired) electrons. The molecule has 0 unspecified atom stereocenters. The van der Waals surface area contributed by atoms with Gasteiger partial charge in [0.25, 0.3) is 11.6 Å². The summed E-state index contributed by atoms with van der Waals surface area (Å²) < 4.78 is 13.4. The number of nitrogens with zero attached hydrogens (tertiary/aromatic N) is 2. The first-order valence-electron chi connectivity index (χ1n) is 6.57. The van der Waals surface area contributed by atoms with Crippen molar-refractivity contribution in [2.24, 2.45) is 5.10 Å². The number of halogens is 1. The molecule has 6 nitrogen and oxygen atoms in total. The molecule has 23 heavy (non-hydrogen) atoms. The molecule has 0 saturated heterocycles. The van der Waals surface area contributed by atoms with Crippen molar-refractivity contribution < 1.29 is 14.1 Å². The highest BCUT2D eigenvalue weighted by atomic mass is 19.1. The van der Waals surface area contributed by atoms with Crippen molar-refractivity contribution in [1.29, 1.82) is 0 Å². The summed E-state index contributed by atoms with van der Waals surface area (Å²) in [5, 5.41) is 14.5. The zero-order valence-electron chi connectivity index (χ0n) is 11.8. The van der Waals surface area contributed by atoms with Gasteiger partial charge in [0.2, 0.25) is 0 Å². The van der Waals surface area contributed by atoms with Crippen molar-refractivity contribution >= 4 is 23.9 Å². The Bertz CT molecular complexity index is 788. The highest BCUT2D eigenvalue weighted by Gasteiger charge is 2.09. The van der Waals surface area contributed by atoms with E-state index in [0.717, 1.165) is 0 Å². The number of hydrogen-bond acceptors (Lipinski definition) is 4. The fourth-order valence-corrected chi connectivity index (χ4v) is 1.79. The number of rotatable bonds is 5. The largest absolute Gasteiger partial charge is 0.276 e. The quantitative estimate of drug-likeness (QED) is 0.522. The summed E-state index contributed by atoms with van der Waals surface area (Å²) in [5.41, 5.74) is 2.42. The van der Waals surface area contributed by atoms with Crippen LogP contribution in [0.5, 0.6) is 0 Å². The molecule has 0 atom stereocenters. The van der Waals surface area contributed by atoms with Gasteiger partial charge in [-0.25, -0.2) is 9.82 Å². The van der Waals surface area contributed by atoms with Crippen LogP contribution in [-0.2, 0) is 0 Å². The molecule has 0 aliphatic heterocycles. The van der Waals surface area contributed by atoms with Crippen molar-refractivity contribution in [3.8, 4) is 0 Å². The summed E-state index contributed by atoms with van der Waals surface area (Å²) in [7, 11) is 0. The Morgan fingerprint density at radius 2 is 1.87 bits per heavy atom. The van der Waals surface area contributed by atoms with E-state index >= 15 is 0 Å². The second-order valence-electron chi connectivity index (χ2n) is 4.37. The van der Waals surface area contributed by atoms with Crippen molar-refractivity contribution in [3.05, 3.63) is 81.7 Å². The summed E-state index contributed by atoms with van der Waals surface area (Å²) >= 11 is 0. The van der Waals surface area contributed by atoms with E-state index in [1.807, 2.05) is 0 Å². The van der Waals surface area contributed by atoms with Gasteiger partial charge in [-0.3, -0.25) is 14.9 Å². The molecule has 2 aromatic rings. The van der Waals surface area contributed by atoms with Crippen LogP contribution in [-0.4, -0.2) is 17.0 Å². The lowest BCUT2D eigenvalue weighted by atomic mass is 10.1. The predicted octanol–water partition coefficient (Wildman–Crippen LogP) is 3.16. The molecule has 0 saturated carbocycles. The molecule has 0 aliphatic rings. The Morgan fingerprint density at radius 3 is 2.61 bits per heavy atom. The zero-order chi connectivity index (χ0) is 16.7. The molecule has 2 aromatic carbocycles. The monoisotopic (exact) mass is 313 g/mol. The number of nitro groups is 1. The standard InChI is InChI=1S/C16H12FN3O3/c17-14-9-3-2-8-13(14)16(21)19-18-11-5-7-12-6-1-4-10-15(12)20(22)23/h1-11H,(H,19,21)/b7-5+,18-11-. The number of nitrogens with one attached hydrogen (secondary N) is 1. The molecule has 0 heterocycles. The van der Waals surface area contributed by atoms with Crippen LogP contribution < -0.4 is 5.43 Å². The summed E-state index contributed by atoms with van der Waals surface area (Å²) in [5.74, 6) is -1.32. The van der Waals surface area contributed by atoms with Gasteiger partial charge >= 0.3 is 0 Å². The van der Waals surface area contributed by atoms with Crippen LogP contribution in [0.4, 0.5) is 10.1 Å². The van der Waals surface area contributed by atoms with Crippen LogP contribution in [0.2, 0.25) is 0 Å². The van der Waals surface area contributed by atoms with Crippen LogP contribution in [0.25, 0.3) is 6.08 Å². The number of hydrogen-bond donors (Lipinski definition) is 1. The van der Waals surface area contributed by atoms with Crippen molar-refractivity contribution in [1.82, 2.24) is 5.43 Å². The number of hydrazone groups is 1. The molecule has 0 bridgehead atoms. The Kier molecular flexibility index (Phi) is 5.30. The Morgan fingerprint density at radius 1 is 1.17 bits per heavy atom. The topological polar surface area (TPSA) is 84.6 Å². The Hall–Kier alpha value is -3.35. The maximum atomic E-state index is 13.4. The molecule has 0 aliphatic carbocycles. The smallest absolute Gasteiger partial charge is 0.267 e. The fraction of sp³-hybridized carbons (Fsp3) is 0. The van der Waals surface area contributed by atoms with Crippen LogP contribution in [0, 0.1) is 15.9 Å². The molecule has 0 spiro atoms. The van der Waals surface area contributed by atoms with Crippen molar-refractivity contribution in [3.63, 3.8) is 0 Å². The van der Waals surface area contributed by atoms with E-state index in [9.17, 15) is 19.3 Å². The zero-order valence-corrected chi connectivity index (χ0v) is 11.8. The van der Waals surface area contributed by atoms with E-state index in [-0.39, 0.29) is 11.3 Å². The maximum absolute atomic E-state index is 13.4. The lowest BCUT2D eigenvalue weighted by Gasteiger charge is -1.99. The third-order valence-corrected chi connectivity index (χ3v) is 2.85. The number of amides is 1. The van der Waals surface area contributed by atoms with Gasteiger partial charge in [0, 0.05) is 12.3 Å². The average Bonchev–Trinajstić information content (AvgIpc) is 2.55. The normalized spacial score (nSPS) is 11.0. The Balaban J connectivity index is 1.99.